The maximum absolute atomic E-state index is 9.73. The second kappa shape index (κ2) is 7.40. The van der Waals surface area contributed by atoms with E-state index >= 15 is 0 Å². The number of phenols is 1. The molecule has 3 N–H and O–H groups in total. The van der Waals surface area contributed by atoms with Gasteiger partial charge in [-0.3, -0.25) is 0 Å². The van der Waals surface area contributed by atoms with Gasteiger partial charge in [-0.2, -0.15) is 0 Å². The highest BCUT2D eigenvalue weighted by Gasteiger charge is 2.06. The van der Waals surface area contributed by atoms with Crippen LogP contribution in [0.4, 0.5) is 5.69 Å². The molecule has 0 bridgehead atoms. The lowest BCUT2D eigenvalue weighted by Crippen LogP contribution is -2.04. The van der Waals surface area contributed by atoms with Crippen LogP contribution in [0.15, 0.2) is 42.5 Å². The number of aliphatic hydroxyl groups is 1. The molecule has 0 saturated carbocycles. The van der Waals surface area contributed by atoms with Crippen molar-refractivity contribution in [2.45, 2.75) is 6.54 Å². The largest absolute Gasteiger partial charge is 0.508 e. The summed E-state index contributed by atoms with van der Waals surface area (Å²) in [6.45, 7) is 0.649. The molecule has 2 aromatic carbocycles. The molecule has 0 heterocycles. The van der Waals surface area contributed by atoms with Gasteiger partial charge < -0.3 is 25.0 Å². The van der Waals surface area contributed by atoms with Crippen LogP contribution in [0.25, 0.3) is 0 Å². The van der Waals surface area contributed by atoms with Gasteiger partial charge in [-0.1, -0.05) is 18.2 Å². The summed E-state index contributed by atoms with van der Waals surface area (Å²) >= 11 is 0. The van der Waals surface area contributed by atoms with E-state index in [4.69, 9.17) is 14.6 Å². The number of anilines is 1. The van der Waals surface area contributed by atoms with Crippen molar-refractivity contribution in [3.8, 4) is 17.2 Å². The summed E-state index contributed by atoms with van der Waals surface area (Å²) < 4.78 is 10.6. The van der Waals surface area contributed by atoms with E-state index in [9.17, 15) is 5.11 Å². The lowest BCUT2D eigenvalue weighted by atomic mass is 10.2. The van der Waals surface area contributed by atoms with Gasteiger partial charge in [0.1, 0.15) is 12.4 Å². The van der Waals surface area contributed by atoms with E-state index in [1.165, 1.54) is 0 Å². The first-order chi connectivity index (χ1) is 10.2. The minimum atomic E-state index is -0.0568. The van der Waals surface area contributed by atoms with Crippen LogP contribution in [0.5, 0.6) is 17.2 Å². The number of benzene rings is 2. The molecule has 0 radical (unpaired) electrons. The minimum Gasteiger partial charge on any atom is -0.508 e. The lowest BCUT2D eigenvalue weighted by Gasteiger charge is -2.13. The number of aromatic hydroxyl groups is 1. The Bertz CT molecular complexity index is 586. The van der Waals surface area contributed by atoms with Crippen molar-refractivity contribution in [1.29, 1.82) is 0 Å². The molecule has 2 aromatic rings. The van der Waals surface area contributed by atoms with Crippen LogP contribution in [-0.4, -0.2) is 30.5 Å². The maximum atomic E-state index is 9.73. The van der Waals surface area contributed by atoms with E-state index in [2.05, 4.69) is 5.32 Å². The van der Waals surface area contributed by atoms with Gasteiger partial charge in [0.15, 0.2) is 11.5 Å². The Balaban J connectivity index is 2.08. The lowest BCUT2D eigenvalue weighted by molar-refractivity contribution is 0.196. The zero-order valence-electron chi connectivity index (χ0n) is 11.9. The highest BCUT2D eigenvalue weighted by molar-refractivity contribution is 5.55. The van der Waals surface area contributed by atoms with Gasteiger partial charge in [0.25, 0.3) is 0 Å². The molecular formula is C16H19NO4. The van der Waals surface area contributed by atoms with Gasteiger partial charge in [0.2, 0.25) is 0 Å². The predicted molar refractivity (Wildman–Crippen MR) is 81.0 cm³/mol. The van der Waals surface area contributed by atoms with Gasteiger partial charge >= 0.3 is 0 Å². The zero-order chi connectivity index (χ0) is 15.1. The van der Waals surface area contributed by atoms with Crippen molar-refractivity contribution in [3.63, 3.8) is 0 Å². The Hall–Kier alpha value is -2.40. The third-order valence-corrected chi connectivity index (χ3v) is 2.99. The smallest absolute Gasteiger partial charge is 0.163 e. The monoisotopic (exact) mass is 289 g/mol. The Morgan fingerprint density at radius 3 is 2.62 bits per heavy atom. The van der Waals surface area contributed by atoms with E-state index in [1.807, 2.05) is 18.2 Å². The summed E-state index contributed by atoms with van der Waals surface area (Å²) in [7, 11) is 1.57. The molecule has 0 fully saturated rings. The van der Waals surface area contributed by atoms with E-state index in [-0.39, 0.29) is 19.0 Å². The van der Waals surface area contributed by atoms with Crippen LogP contribution < -0.4 is 14.8 Å². The van der Waals surface area contributed by atoms with Gasteiger partial charge in [0.05, 0.1) is 13.7 Å². The van der Waals surface area contributed by atoms with Crippen molar-refractivity contribution in [2.75, 3.05) is 25.6 Å². The molecule has 0 aliphatic rings. The number of para-hydroxylation sites is 1. The summed E-state index contributed by atoms with van der Waals surface area (Å²) in [5, 5.41) is 21.8. The number of hydrogen-bond donors (Lipinski definition) is 3. The second-order valence-corrected chi connectivity index (χ2v) is 4.42. The fourth-order valence-electron chi connectivity index (χ4n) is 1.91. The fraction of sp³-hybridized carbons (Fsp3) is 0.250. The number of rotatable bonds is 7. The molecule has 5 nitrogen and oxygen atoms in total. The Kier molecular flexibility index (Phi) is 5.29. The Labute approximate surface area is 123 Å². The molecule has 2 rings (SSSR count). The number of aliphatic hydroxyl groups excluding tert-OH is 1. The minimum absolute atomic E-state index is 0.0568. The van der Waals surface area contributed by atoms with Crippen LogP contribution in [-0.2, 0) is 6.54 Å². The van der Waals surface area contributed by atoms with Crippen LogP contribution in [0, 0.1) is 0 Å². The summed E-state index contributed by atoms with van der Waals surface area (Å²) in [5.74, 6) is 1.43. The van der Waals surface area contributed by atoms with E-state index < -0.39 is 0 Å². The fourth-order valence-corrected chi connectivity index (χ4v) is 1.91. The number of methoxy groups -OCH3 is 1. The van der Waals surface area contributed by atoms with E-state index in [0.717, 1.165) is 11.3 Å². The van der Waals surface area contributed by atoms with Gasteiger partial charge in [-0.25, -0.2) is 0 Å². The first-order valence-electron chi connectivity index (χ1n) is 6.67. The van der Waals surface area contributed by atoms with E-state index in [1.54, 1.807) is 31.4 Å². The standard InChI is InChI=1S/C16H19NO4/c1-20-15-7-6-13(10-16(15)21-9-8-18)17-11-12-4-2-3-5-14(12)19/h2-7,10,17-19H,8-9,11H2,1H3. The average molecular weight is 289 g/mol. The summed E-state index contributed by atoms with van der Waals surface area (Å²) in [6, 6.07) is 12.6. The van der Waals surface area contributed by atoms with Gasteiger partial charge in [0, 0.05) is 23.9 Å². The number of nitrogens with one attached hydrogen (secondary N) is 1. The predicted octanol–water partition coefficient (Wildman–Crippen LogP) is 2.38. The molecule has 0 saturated heterocycles. The molecule has 0 unspecified atom stereocenters. The molecule has 112 valence electrons. The normalized spacial score (nSPS) is 10.2. The van der Waals surface area contributed by atoms with Crippen molar-refractivity contribution in [2.24, 2.45) is 0 Å². The first-order valence-corrected chi connectivity index (χ1v) is 6.67. The summed E-state index contributed by atoms with van der Waals surface area (Å²) in [5.41, 5.74) is 1.65. The van der Waals surface area contributed by atoms with Gasteiger partial charge in [-0.05, 0) is 18.2 Å². The third-order valence-electron chi connectivity index (χ3n) is 2.99. The summed E-state index contributed by atoms with van der Waals surface area (Å²) in [6.07, 6.45) is 0. The maximum Gasteiger partial charge on any atom is 0.163 e. The first kappa shape index (κ1) is 15.0. The molecular weight excluding hydrogens is 270 g/mol. The second-order valence-electron chi connectivity index (χ2n) is 4.42. The SMILES string of the molecule is COc1ccc(NCc2ccccc2O)cc1OCCO. The van der Waals surface area contributed by atoms with Crippen molar-refractivity contribution in [3.05, 3.63) is 48.0 Å². The van der Waals surface area contributed by atoms with Crippen LogP contribution >= 0.6 is 0 Å². The molecule has 0 aliphatic carbocycles. The average Bonchev–Trinajstić information content (AvgIpc) is 2.52. The van der Waals surface area contributed by atoms with Crippen molar-refractivity contribution < 1.29 is 19.7 Å². The topological polar surface area (TPSA) is 71.0 Å². The molecule has 0 aliphatic heterocycles. The van der Waals surface area contributed by atoms with Crippen LogP contribution in [0.1, 0.15) is 5.56 Å². The van der Waals surface area contributed by atoms with Gasteiger partial charge in [-0.15, -0.1) is 0 Å². The highest BCUT2D eigenvalue weighted by atomic mass is 16.5. The third kappa shape index (κ3) is 4.03. The van der Waals surface area contributed by atoms with Crippen molar-refractivity contribution in [1.82, 2.24) is 0 Å². The van der Waals surface area contributed by atoms with Crippen LogP contribution in [0.3, 0.4) is 0 Å². The van der Waals surface area contributed by atoms with Crippen LogP contribution in [0.2, 0.25) is 0 Å². The molecule has 5 heteroatoms. The Morgan fingerprint density at radius 1 is 1.10 bits per heavy atom. The highest BCUT2D eigenvalue weighted by Crippen LogP contribution is 2.30. The molecule has 0 amide bonds. The molecule has 0 spiro atoms. The number of hydrogen-bond acceptors (Lipinski definition) is 5. The van der Waals surface area contributed by atoms with E-state index in [0.29, 0.717) is 18.0 Å². The quantitative estimate of drug-likeness (QED) is 0.730. The molecule has 0 aromatic heterocycles. The van der Waals surface area contributed by atoms with Crippen molar-refractivity contribution >= 4 is 5.69 Å². The molecule has 21 heavy (non-hydrogen) atoms. The summed E-state index contributed by atoms with van der Waals surface area (Å²) in [4.78, 5) is 0. The Morgan fingerprint density at radius 2 is 1.90 bits per heavy atom. The molecule has 0 atom stereocenters. The zero-order valence-corrected chi connectivity index (χ0v) is 11.9. The number of phenolic OH excluding ortho intramolecular Hbond substituents is 1. The number of ether oxygens (including phenoxy) is 2.